The van der Waals surface area contributed by atoms with Gasteiger partial charge in [0.25, 0.3) is 0 Å². The van der Waals surface area contributed by atoms with Gasteiger partial charge in [-0.2, -0.15) is 0 Å². The molecule has 3 aliphatic rings. The Labute approximate surface area is 167 Å². The summed E-state index contributed by atoms with van der Waals surface area (Å²) in [6.07, 6.45) is 6.47. The molecule has 2 aromatic rings. The summed E-state index contributed by atoms with van der Waals surface area (Å²) in [6.45, 7) is 0.639. The third-order valence-corrected chi connectivity index (χ3v) is 6.57. The lowest BCUT2D eigenvalue weighted by molar-refractivity contribution is -0.192. The molecule has 1 saturated carbocycles. The molecule has 4 nitrogen and oxygen atoms in total. The van der Waals surface area contributed by atoms with Crippen molar-refractivity contribution in [3.8, 4) is 11.5 Å². The van der Waals surface area contributed by atoms with Gasteiger partial charge in [-0.1, -0.05) is 36.8 Å². The van der Waals surface area contributed by atoms with E-state index in [1.165, 1.54) is 5.56 Å². The van der Waals surface area contributed by atoms with Crippen molar-refractivity contribution >= 4 is 0 Å². The van der Waals surface area contributed by atoms with E-state index in [0.717, 1.165) is 56.6 Å². The first-order chi connectivity index (χ1) is 13.6. The van der Waals surface area contributed by atoms with Crippen molar-refractivity contribution in [2.75, 3.05) is 13.2 Å². The molecule has 28 heavy (non-hydrogen) atoms. The molecule has 0 spiro atoms. The maximum atomic E-state index is 9.58. The molecule has 2 bridgehead atoms. The highest BCUT2D eigenvalue weighted by molar-refractivity contribution is 5.37. The summed E-state index contributed by atoms with van der Waals surface area (Å²) in [6, 6.07) is 18.2. The van der Waals surface area contributed by atoms with Crippen molar-refractivity contribution in [2.24, 2.45) is 5.41 Å². The van der Waals surface area contributed by atoms with E-state index in [1.54, 1.807) is 0 Å². The minimum absolute atomic E-state index is 0.145. The van der Waals surface area contributed by atoms with Crippen molar-refractivity contribution in [3.05, 3.63) is 60.2 Å². The number of para-hydroxylation sites is 1. The number of aliphatic hydroxyl groups is 2. The second-order valence-electron chi connectivity index (χ2n) is 8.45. The molecule has 1 atom stereocenters. The molecule has 2 heterocycles. The minimum Gasteiger partial charge on any atom is -0.457 e. The fourth-order valence-corrected chi connectivity index (χ4v) is 4.73. The summed E-state index contributed by atoms with van der Waals surface area (Å²) in [5, 5.41) is 18.6. The summed E-state index contributed by atoms with van der Waals surface area (Å²) < 4.78 is 12.5. The van der Waals surface area contributed by atoms with E-state index in [9.17, 15) is 5.11 Å². The summed E-state index contributed by atoms with van der Waals surface area (Å²) in [4.78, 5) is 0. The Morgan fingerprint density at radius 1 is 0.964 bits per heavy atom. The van der Waals surface area contributed by atoms with Gasteiger partial charge in [-0.3, -0.25) is 0 Å². The van der Waals surface area contributed by atoms with Gasteiger partial charge in [0.15, 0.2) is 0 Å². The number of aliphatic hydroxyl groups excluding tert-OH is 2. The number of rotatable bonds is 8. The average molecular weight is 383 g/mol. The molecule has 0 unspecified atom stereocenters. The average Bonchev–Trinajstić information content (AvgIpc) is 2.76. The van der Waals surface area contributed by atoms with Crippen LogP contribution in [-0.2, 0) is 10.3 Å². The predicted octanol–water partition coefficient (Wildman–Crippen LogP) is 4.79. The largest absolute Gasteiger partial charge is 0.457 e. The molecule has 150 valence electrons. The van der Waals surface area contributed by atoms with E-state index < -0.39 is 6.10 Å². The van der Waals surface area contributed by atoms with Crippen LogP contribution >= 0.6 is 0 Å². The summed E-state index contributed by atoms with van der Waals surface area (Å²) >= 11 is 0. The molecule has 1 aliphatic carbocycles. The second-order valence-corrected chi connectivity index (χ2v) is 8.45. The van der Waals surface area contributed by atoms with E-state index in [4.69, 9.17) is 14.6 Å². The van der Waals surface area contributed by atoms with Crippen LogP contribution in [0.4, 0.5) is 0 Å². The van der Waals surface area contributed by atoms with Crippen LogP contribution in [0, 0.1) is 5.41 Å². The minimum atomic E-state index is -0.587. The highest BCUT2D eigenvalue weighted by Gasteiger charge is 2.50. The van der Waals surface area contributed by atoms with Gasteiger partial charge >= 0.3 is 0 Å². The molecule has 0 aromatic heterocycles. The van der Waals surface area contributed by atoms with Crippen LogP contribution in [0.5, 0.6) is 11.5 Å². The van der Waals surface area contributed by atoms with Gasteiger partial charge < -0.3 is 19.7 Å². The van der Waals surface area contributed by atoms with E-state index in [-0.39, 0.29) is 17.6 Å². The first-order valence-electron chi connectivity index (χ1n) is 10.4. The molecule has 0 amide bonds. The molecule has 0 radical (unpaired) electrons. The van der Waals surface area contributed by atoms with E-state index in [2.05, 4.69) is 18.2 Å². The third-order valence-electron chi connectivity index (χ3n) is 6.57. The van der Waals surface area contributed by atoms with Crippen LogP contribution < -0.4 is 4.74 Å². The van der Waals surface area contributed by atoms with Crippen LogP contribution in [0.2, 0.25) is 0 Å². The van der Waals surface area contributed by atoms with E-state index in [1.807, 2.05) is 36.4 Å². The quantitative estimate of drug-likeness (QED) is 0.689. The van der Waals surface area contributed by atoms with Crippen molar-refractivity contribution in [1.29, 1.82) is 0 Å². The maximum absolute atomic E-state index is 9.58. The van der Waals surface area contributed by atoms with Crippen molar-refractivity contribution in [2.45, 2.75) is 56.7 Å². The van der Waals surface area contributed by atoms with Gasteiger partial charge in [-0.25, -0.2) is 0 Å². The van der Waals surface area contributed by atoms with Crippen molar-refractivity contribution in [1.82, 2.24) is 0 Å². The topological polar surface area (TPSA) is 58.9 Å². The van der Waals surface area contributed by atoms with Crippen LogP contribution in [0.3, 0.4) is 0 Å². The Balaban J connectivity index is 1.41. The van der Waals surface area contributed by atoms with Crippen LogP contribution in [0.1, 0.15) is 50.5 Å². The summed E-state index contributed by atoms with van der Waals surface area (Å²) in [5.41, 5.74) is 1.27. The van der Waals surface area contributed by atoms with Gasteiger partial charge in [-0.05, 0) is 73.8 Å². The highest BCUT2D eigenvalue weighted by Crippen LogP contribution is 2.55. The zero-order valence-corrected chi connectivity index (χ0v) is 16.3. The number of hydrogen-bond acceptors (Lipinski definition) is 4. The molecule has 2 N–H and O–H groups in total. The first kappa shape index (κ1) is 19.4. The van der Waals surface area contributed by atoms with Crippen LogP contribution in [-0.4, -0.2) is 29.5 Å². The normalized spacial score (nSPS) is 27.5. The SMILES string of the molecule is OC[C@H](O)CCCC12CCC(c3cccc(Oc4ccccc4)c3)(CC1)OC2. The zero-order valence-electron chi connectivity index (χ0n) is 16.3. The van der Waals surface area contributed by atoms with E-state index in [0.29, 0.717) is 6.42 Å². The Morgan fingerprint density at radius 3 is 2.39 bits per heavy atom. The Hall–Kier alpha value is -1.88. The lowest BCUT2D eigenvalue weighted by Crippen LogP contribution is -2.49. The molecular formula is C24H30O4. The Morgan fingerprint density at radius 2 is 1.71 bits per heavy atom. The molecule has 4 heteroatoms. The molecular weight excluding hydrogens is 352 g/mol. The molecule has 2 aromatic carbocycles. The lowest BCUT2D eigenvalue weighted by atomic mass is 9.62. The van der Waals surface area contributed by atoms with E-state index >= 15 is 0 Å². The number of fused-ring (bicyclic) bond motifs is 3. The second kappa shape index (κ2) is 8.24. The fraction of sp³-hybridized carbons (Fsp3) is 0.500. The van der Waals surface area contributed by atoms with Crippen LogP contribution in [0.25, 0.3) is 0 Å². The van der Waals surface area contributed by atoms with Gasteiger partial charge in [0, 0.05) is 0 Å². The summed E-state index contributed by atoms with van der Waals surface area (Å²) in [5.74, 6) is 1.69. The number of benzene rings is 2. The number of hydrogen-bond donors (Lipinski definition) is 2. The zero-order chi connectivity index (χ0) is 19.5. The van der Waals surface area contributed by atoms with Crippen LogP contribution in [0.15, 0.2) is 54.6 Å². The predicted molar refractivity (Wildman–Crippen MR) is 108 cm³/mol. The molecule has 5 rings (SSSR count). The van der Waals surface area contributed by atoms with Crippen molar-refractivity contribution < 1.29 is 19.7 Å². The smallest absolute Gasteiger partial charge is 0.127 e. The standard InChI is InChI=1S/C24H30O4/c25-17-20(26)7-5-11-23-12-14-24(15-13-23,27-18-23)19-6-4-10-22(16-19)28-21-8-2-1-3-9-21/h1-4,6,8-10,16,20,25-26H,5,7,11-15,17-18H2/t20-,23?,24?/m1/s1. The highest BCUT2D eigenvalue weighted by atomic mass is 16.5. The van der Waals surface area contributed by atoms with Gasteiger partial charge in [0.1, 0.15) is 11.5 Å². The van der Waals surface area contributed by atoms with Gasteiger partial charge in [0.2, 0.25) is 0 Å². The molecule has 2 aliphatic heterocycles. The number of ether oxygens (including phenoxy) is 2. The molecule has 3 fully saturated rings. The Kier molecular flexibility index (Phi) is 5.72. The third kappa shape index (κ3) is 4.09. The molecule has 2 saturated heterocycles. The van der Waals surface area contributed by atoms with Gasteiger partial charge in [0.05, 0.1) is 24.9 Å². The summed E-state index contributed by atoms with van der Waals surface area (Å²) in [7, 11) is 0. The van der Waals surface area contributed by atoms with Gasteiger partial charge in [-0.15, -0.1) is 0 Å². The van der Waals surface area contributed by atoms with Crippen molar-refractivity contribution in [3.63, 3.8) is 0 Å². The Bertz CT molecular complexity index is 749. The fourth-order valence-electron chi connectivity index (χ4n) is 4.73. The monoisotopic (exact) mass is 382 g/mol. The lowest BCUT2D eigenvalue weighted by Gasteiger charge is -2.53. The first-order valence-corrected chi connectivity index (χ1v) is 10.4. The maximum Gasteiger partial charge on any atom is 0.127 e.